The van der Waals surface area contributed by atoms with Crippen molar-refractivity contribution in [1.82, 2.24) is 0 Å². The highest BCUT2D eigenvalue weighted by Gasteiger charge is 2.41. The second-order valence-corrected chi connectivity index (χ2v) is 7.08. The minimum absolute atomic E-state index is 0.0647. The van der Waals surface area contributed by atoms with Crippen molar-refractivity contribution in [2.24, 2.45) is 5.92 Å². The third-order valence-corrected chi connectivity index (χ3v) is 4.63. The largest absolute Gasteiger partial charge is 0.455 e. The molecular weight excluding hydrogens is 328 g/mol. The summed E-state index contributed by atoms with van der Waals surface area (Å²) in [7, 11) is 0. The number of aliphatic hydroxyl groups is 2. The Labute approximate surface area is 157 Å². The number of aliphatic hydroxyl groups excluding tert-OH is 1. The molecule has 0 aromatic heterocycles. The van der Waals surface area contributed by atoms with Crippen LogP contribution in [0.25, 0.3) is 0 Å². The maximum atomic E-state index is 11.8. The third-order valence-electron chi connectivity index (χ3n) is 4.63. The molecule has 0 aliphatic carbocycles. The number of ether oxygens (including phenoxy) is 1. The molecule has 0 aromatic carbocycles. The van der Waals surface area contributed by atoms with Crippen molar-refractivity contribution in [1.29, 1.82) is 0 Å². The molecule has 26 heavy (non-hydrogen) atoms. The van der Waals surface area contributed by atoms with E-state index in [4.69, 9.17) is 4.74 Å². The lowest BCUT2D eigenvalue weighted by Crippen LogP contribution is -2.32. The van der Waals surface area contributed by atoms with Gasteiger partial charge in [-0.3, -0.25) is 4.79 Å². The number of ketones is 1. The number of Topliss-reactive ketones (excluding diaryl/α,β-unsaturated/α-hetero) is 1. The van der Waals surface area contributed by atoms with Crippen LogP contribution in [0.15, 0.2) is 58.9 Å². The van der Waals surface area contributed by atoms with Crippen LogP contribution in [-0.4, -0.2) is 27.9 Å². The molecule has 0 saturated carbocycles. The van der Waals surface area contributed by atoms with Gasteiger partial charge in [-0.15, -0.1) is 0 Å². The summed E-state index contributed by atoms with van der Waals surface area (Å²) < 4.78 is 5.27. The minimum Gasteiger partial charge on any atom is -0.455 e. The van der Waals surface area contributed by atoms with Gasteiger partial charge in [0, 0.05) is 18.4 Å². The van der Waals surface area contributed by atoms with E-state index in [-0.39, 0.29) is 11.7 Å². The predicted octanol–water partition coefficient (Wildman–Crippen LogP) is 4.37. The number of hydrogen-bond acceptors (Lipinski definition) is 4. The zero-order valence-electron chi connectivity index (χ0n) is 16.7. The fourth-order valence-electron chi connectivity index (χ4n) is 2.63. The van der Waals surface area contributed by atoms with Crippen molar-refractivity contribution >= 4 is 5.78 Å². The predicted molar refractivity (Wildman–Crippen MR) is 105 cm³/mol. The molecule has 1 rings (SSSR count). The molecule has 0 amide bonds. The second-order valence-electron chi connectivity index (χ2n) is 7.08. The molecule has 1 aliphatic rings. The van der Waals surface area contributed by atoms with Gasteiger partial charge in [0.25, 0.3) is 5.79 Å². The van der Waals surface area contributed by atoms with Gasteiger partial charge in [-0.25, -0.2) is 0 Å². The molecule has 0 bridgehead atoms. The van der Waals surface area contributed by atoms with E-state index in [9.17, 15) is 15.0 Å². The maximum absolute atomic E-state index is 11.8. The van der Waals surface area contributed by atoms with Gasteiger partial charge in [0.15, 0.2) is 0 Å². The van der Waals surface area contributed by atoms with Crippen LogP contribution in [0, 0.1) is 5.92 Å². The zero-order chi connectivity index (χ0) is 19.9. The van der Waals surface area contributed by atoms with Crippen molar-refractivity contribution in [3.05, 3.63) is 58.9 Å². The van der Waals surface area contributed by atoms with E-state index in [1.807, 2.05) is 51.2 Å². The fraction of sp³-hybridized carbons (Fsp3) is 0.500. The van der Waals surface area contributed by atoms with Crippen LogP contribution in [0.3, 0.4) is 0 Å². The summed E-state index contributed by atoms with van der Waals surface area (Å²) in [6.07, 6.45) is 12.9. The molecule has 0 aromatic rings. The van der Waals surface area contributed by atoms with Gasteiger partial charge in [0.2, 0.25) is 5.78 Å². The molecule has 3 atom stereocenters. The first-order valence-electron chi connectivity index (χ1n) is 9.08. The summed E-state index contributed by atoms with van der Waals surface area (Å²) in [4.78, 5) is 11.8. The van der Waals surface area contributed by atoms with Crippen LogP contribution in [0.4, 0.5) is 0 Å². The first-order valence-corrected chi connectivity index (χ1v) is 9.08. The lowest BCUT2D eigenvalue weighted by Gasteiger charge is -2.15. The van der Waals surface area contributed by atoms with Crippen LogP contribution in [0.5, 0.6) is 0 Å². The first kappa shape index (κ1) is 22.1. The Morgan fingerprint density at radius 3 is 2.54 bits per heavy atom. The second kappa shape index (κ2) is 9.70. The molecule has 0 spiro atoms. The van der Waals surface area contributed by atoms with E-state index in [1.54, 1.807) is 13.0 Å². The summed E-state index contributed by atoms with van der Waals surface area (Å²) in [6, 6.07) is 0. The highest BCUT2D eigenvalue weighted by molar-refractivity contribution is 6.02. The quantitative estimate of drug-likeness (QED) is 0.498. The first-order chi connectivity index (χ1) is 12.1. The molecule has 1 aliphatic heterocycles. The Balaban J connectivity index is 2.50. The standard InChI is InChI=1S/C22H32O4/c1-7-16(3)20(23)17(4)13-10-12-15(2)11-8-9-14-19-18(5)21(24)22(6,25)26-19/h7,9-10,12-14,17,20,23,25H,8,11H2,1-6H3/b13-10+,14-9+,15-12+,16-7+/t17-,20+,22-/m1/s1. The molecule has 0 unspecified atom stereocenters. The highest BCUT2D eigenvalue weighted by atomic mass is 16.6. The maximum Gasteiger partial charge on any atom is 0.269 e. The Morgan fingerprint density at radius 2 is 2.00 bits per heavy atom. The third kappa shape index (κ3) is 6.11. The highest BCUT2D eigenvalue weighted by Crippen LogP contribution is 2.29. The average molecular weight is 360 g/mol. The topological polar surface area (TPSA) is 66.8 Å². The molecule has 0 saturated heterocycles. The van der Waals surface area contributed by atoms with Crippen molar-refractivity contribution in [2.75, 3.05) is 0 Å². The van der Waals surface area contributed by atoms with Crippen LogP contribution in [0.1, 0.15) is 54.4 Å². The van der Waals surface area contributed by atoms with E-state index in [0.29, 0.717) is 11.3 Å². The molecule has 4 heteroatoms. The van der Waals surface area contributed by atoms with Gasteiger partial charge in [0.1, 0.15) is 5.76 Å². The van der Waals surface area contributed by atoms with E-state index in [1.165, 1.54) is 12.5 Å². The Kier molecular flexibility index (Phi) is 8.25. The van der Waals surface area contributed by atoms with Crippen molar-refractivity contribution < 1.29 is 19.7 Å². The molecule has 1 heterocycles. The normalized spacial score (nSPS) is 24.7. The lowest BCUT2D eigenvalue weighted by atomic mass is 9.97. The van der Waals surface area contributed by atoms with Crippen molar-refractivity contribution in [3.8, 4) is 0 Å². The zero-order valence-corrected chi connectivity index (χ0v) is 16.7. The number of carbonyl (C=O) groups excluding carboxylic acids is 1. The molecule has 144 valence electrons. The summed E-state index contributed by atoms with van der Waals surface area (Å²) in [5.74, 6) is -1.63. The molecule has 4 nitrogen and oxygen atoms in total. The molecule has 2 N–H and O–H groups in total. The average Bonchev–Trinajstić information content (AvgIpc) is 2.79. The Morgan fingerprint density at radius 1 is 1.35 bits per heavy atom. The smallest absolute Gasteiger partial charge is 0.269 e. The fourth-order valence-corrected chi connectivity index (χ4v) is 2.63. The van der Waals surface area contributed by atoms with Gasteiger partial charge in [-0.05, 0) is 52.2 Å². The summed E-state index contributed by atoms with van der Waals surface area (Å²) >= 11 is 0. The summed E-state index contributed by atoms with van der Waals surface area (Å²) in [5.41, 5.74) is 2.64. The van der Waals surface area contributed by atoms with Crippen LogP contribution in [0.2, 0.25) is 0 Å². The molecule has 0 radical (unpaired) electrons. The van der Waals surface area contributed by atoms with Gasteiger partial charge in [-0.2, -0.15) is 0 Å². The number of rotatable bonds is 8. The number of allylic oxidation sites excluding steroid dienone is 6. The molecular formula is C22H32O4. The van der Waals surface area contributed by atoms with E-state index < -0.39 is 11.9 Å². The number of hydrogen-bond donors (Lipinski definition) is 2. The lowest BCUT2D eigenvalue weighted by molar-refractivity contribution is -0.168. The number of carbonyl (C=O) groups is 1. The van der Waals surface area contributed by atoms with Crippen molar-refractivity contribution in [3.63, 3.8) is 0 Å². The van der Waals surface area contributed by atoms with E-state index in [0.717, 1.165) is 18.4 Å². The summed E-state index contributed by atoms with van der Waals surface area (Å²) in [5, 5.41) is 19.9. The SMILES string of the molecule is C/C=C(\C)[C@H](O)[C@H](C)/C=C/C=C(\C)CC/C=C/C1=C(C)C(=O)[C@](C)(O)O1. The van der Waals surface area contributed by atoms with Crippen LogP contribution >= 0.6 is 0 Å². The Hall–Kier alpha value is -1.91. The van der Waals surface area contributed by atoms with Crippen molar-refractivity contribution in [2.45, 2.75) is 66.3 Å². The van der Waals surface area contributed by atoms with Gasteiger partial charge < -0.3 is 14.9 Å². The summed E-state index contributed by atoms with van der Waals surface area (Å²) in [6.45, 7) is 10.9. The van der Waals surface area contributed by atoms with Crippen LogP contribution < -0.4 is 0 Å². The van der Waals surface area contributed by atoms with Gasteiger partial charge in [-0.1, -0.05) is 42.9 Å². The van der Waals surface area contributed by atoms with Gasteiger partial charge >= 0.3 is 0 Å². The monoisotopic (exact) mass is 360 g/mol. The Bertz CT molecular complexity index is 660. The molecule has 0 fully saturated rings. The van der Waals surface area contributed by atoms with Crippen LogP contribution in [-0.2, 0) is 9.53 Å². The minimum atomic E-state index is -1.74. The van der Waals surface area contributed by atoms with Gasteiger partial charge in [0.05, 0.1) is 6.10 Å². The van der Waals surface area contributed by atoms with E-state index >= 15 is 0 Å². The van der Waals surface area contributed by atoms with E-state index in [2.05, 4.69) is 6.92 Å².